The molecular weight excluding hydrogens is 295 g/mol. The van der Waals surface area contributed by atoms with Crippen molar-refractivity contribution < 1.29 is 4.74 Å². The molecule has 1 aliphatic heterocycles. The Labute approximate surface area is 105 Å². The normalized spacial score (nSPS) is 16.4. The fourth-order valence-electron chi connectivity index (χ4n) is 1.57. The van der Waals surface area contributed by atoms with Crippen LogP contribution in [-0.2, 0) is 4.74 Å². The highest BCUT2D eigenvalue weighted by molar-refractivity contribution is 9.10. The van der Waals surface area contributed by atoms with Crippen molar-refractivity contribution in [1.29, 1.82) is 0 Å². The molecule has 84 valence electrons. The van der Waals surface area contributed by atoms with E-state index in [1.54, 1.807) is 4.52 Å². The number of halogens is 2. The van der Waals surface area contributed by atoms with E-state index in [-0.39, 0.29) is 5.28 Å². The predicted octanol–water partition coefficient (Wildman–Crippen LogP) is 1.96. The molecule has 0 aliphatic carbocycles. The van der Waals surface area contributed by atoms with E-state index in [4.69, 9.17) is 16.3 Å². The van der Waals surface area contributed by atoms with E-state index in [1.807, 2.05) is 12.3 Å². The molecule has 0 spiro atoms. The molecule has 1 N–H and O–H groups in total. The number of aromatic nitrogens is 3. The third-order valence-electron chi connectivity index (χ3n) is 2.41. The largest absolute Gasteiger partial charge is 0.377 e. The van der Waals surface area contributed by atoms with Crippen LogP contribution in [0.4, 0.5) is 5.82 Å². The molecule has 5 nitrogen and oxygen atoms in total. The Balaban J connectivity index is 2.08. The van der Waals surface area contributed by atoms with E-state index in [2.05, 4.69) is 31.3 Å². The van der Waals surface area contributed by atoms with Crippen LogP contribution in [0.5, 0.6) is 0 Å². The van der Waals surface area contributed by atoms with Crippen LogP contribution in [0, 0.1) is 0 Å². The molecule has 7 heteroatoms. The van der Waals surface area contributed by atoms with Crippen molar-refractivity contribution >= 4 is 38.9 Å². The van der Waals surface area contributed by atoms with Gasteiger partial charge in [-0.1, -0.05) is 0 Å². The fraction of sp³-hybridized carbons (Fsp3) is 0.333. The van der Waals surface area contributed by atoms with Gasteiger partial charge in [-0.05, 0) is 33.6 Å². The van der Waals surface area contributed by atoms with E-state index >= 15 is 0 Å². The molecule has 1 fully saturated rings. The minimum Gasteiger partial charge on any atom is -0.377 e. The number of anilines is 1. The highest BCUT2D eigenvalue weighted by Crippen LogP contribution is 2.26. The van der Waals surface area contributed by atoms with Gasteiger partial charge in [0, 0.05) is 10.7 Å². The van der Waals surface area contributed by atoms with Gasteiger partial charge >= 0.3 is 0 Å². The zero-order valence-corrected chi connectivity index (χ0v) is 10.5. The van der Waals surface area contributed by atoms with Crippen LogP contribution >= 0.6 is 27.5 Å². The summed E-state index contributed by atoms with van der Waals surface area (Å²) in [6.45, 7) is 1.40. The summed E-state index contributed by atoms with van der Waals surface area (Å²) in [6.07, 6.45) is 1.83. The second kappa shape index (κ2) is 3.87. The fourth-order valence-corrected chi connectivity index (χ4v) is 2.23. The molecule has 0 unspecified atom stereocenters. The highest BCUT2D eigenvalue weighted by Gasteiger charge is 2.20. The summed E-state index contributed by atoms with van der Waals surface area (Å²) in [5.74, 6) is 0.727. The van der Waals surface area contributed by atoms with Gasteiger partial charge in [0.1, 0.15) is 5.52 Å². The van der Waals surface area contributed by atoms with Gasteiger partial charge in [0.05, 0.1) is 19.3 Å². The summed E-state index contributed by atoms with van der Waals surface area (Å²) < 4.78 is 7.74. The minimum absolute atomic E-state index is 0.221. The van der Waals surface area contributed by atoms with Crippen LogP contribution in [-0.4, -0.2) is 33.9 Å². The van der Waals surface area contributed by atoms with E-state index in [0.29, 0.717) is 19.3 Å². The van der Waals surface area contributed by atoms with Crippen molar-refractivity contribution in [3.63, 3.8) is 0 Å². The number of nitrogens with one attached hydrogen (secondary N) is 1. The number of rotatable bonds is 2. The molecule has 0 aromatic carbocycles. The number of hydrogen-bond donors (Lipinski definition) is 1. The second-order valence-electron chi connectivity index (χ2n) is 3.57. The van der Waals surface area contributed by atoms with Gasteiger partial charge in [0.15, 0.2) is 5.82 Å². The van der Waals surface area contributed by atoms with Gasteiger partial charge in [0.2, 0.25) is 5.28 Å². The van der Waals surface area contributed by atoms with Crippen molar-refractivity contribution in [2.45, 2.75) is 6.04 Å². The number of nitrogens with zero attached hydrogens (tertiary/aromatic N) is 3. The number of fused-ring (bicyclic) bond motifs is 1. The zero-order valence-electron chi connectivity index (χ0n) is 8.15. The average Bonchev–Trinajstić information content (AvgIpc) is 2.53. The van der Waals surface area contributed by atoms with Gasteiger partial charge in [0.25, 0.3) is 0 Å². The summed E-state index contributed by atoms with van der Waals surface area (Å²) in [4.78, 5) is 4.19. The van der Waals surface area contributed by atoms with Crippen molar-refractivity contribution in [3.8, 4) is 0 Å². The molecule has 1 aliphatic rings. The lowest BCUT2D eigenvalue weighted by molar-refractivity contribution is 0.0210. The van der Waals surface area contributed by atoms with Crippen LogP contribution < -0.4 is 5.32 Å². The lowest BCUT2D eigenvalue weighted by Gasteiger charge is -2.27. The molecule has 0 atom stereocenters. The van der Waals surface area contributed by atoms with Gasteiger partial charge < -0.3 is 10.1 Å². The third-order valence-corrected chi connectivity index (χ3v) is 3.21. The first-order chi connectivity index (χ1) is 7.74. The predicted molar refractivity (Wildman–Crippen MR) is 63.9 cm³/mol. The SMILES string of the molecule is Clc1nc(NC2COC2)c2c(Br)ccn2n1. The standard InChI is InChI=1S/C9H8BrClN4O/c10-6-1-2-15-7(6)8(13-9(11)14-15)12-5-3-16-4-5/h1-2,5H,3-4H2,(H,12,13,14). The summed E-state index contributed by atoms with van der Waals surface area (Å²) in [7, 11) is 0. The van der Waals surface area contributed by atoms with E-state index in [1.165, 1.54) is 0 Å². The third kappa shape index (κ3) is 1.66. The first-order valence-corrected chi connectivity index (χ1v) is 5.96. The monoisotopic (exact) mass is 302 g/mol. The lowest BCUT2D eigenvalue weighted by Crippen LogP contribution is -2.40. The molecule has 1 saturated heterocycles. The first-order valence-electron chi connectivity index (χ1n) is 4.79. The number of hydrogen-bond acceptors (Lipinski definition) is 4. The van der Waals surface area contributed by atoms with Crippen molar-refractivity contribution in [1.82, 2.24) is 14.6 Å². The van der Waals surface area contributed by atoms with Crippen LogP contribution in [0.3, 0.4) is 0 Å². The van der Waals surface area contributed by atoms with Crippen LogP contribution in [0.1, 0.15) is 0 Å². The molecule has 0 radical (unpaired) electrons. The molecule has 16 heavy (non-hydrogen) atoms. The Hall–Kier alpha value is -0.850. The maximum Gasteiger partial charge on any atom is 0.243 e. The number of ether oxygens (including phenoxy) is 1. The van der Waals surface area contributed by atoms with Crippen molar-refractivity contribution in [3.05, 3.63) is 22.0 Å². The van der Waals surface area contributed by atoms with Crippen LogP contribution in [0.25, 0.3) is 5.52 Å². The van der Waals surface area contributed by atoms with E-state index in [0.717, 1.165) is 15.8 Å². The molecule has 0 amide bonds. The van der Waals surface area contributed by atoms with Gasteiger partial charge in [-0.25, -0.2) is 4.52 Å². The van der Waals surface area contributed by atoms with Crippen molar-refractivity contribution in [2.75, 3.05) is 18.5 Å². The quantitative estimate of drug-likeness (QED) is 0.921. The van der Waals surface area contributed by atoms with Crippen molar-refractivity contribution in [2.24, 2.45) is 0 Å². The molecular formula is C9H8BrClN4O. The maximum atomic E-state index is 5.85. The zero-order chi connectivity index (χ0) is 11.1. The summed E-state index contributed by atoms with van der Waals surface area (Å²) in [5.41, 5.74) is 0.885. The van der Waals surface area contributed by atoms with E-state index in [9.17, 15) is 0 Å². The van der Waals surface area contributed by atoms with Gasteiger partial charge in [-0.2, -0.15) is 4.98 Å². The first kappa shape index (κ1) is 10.3. The molecule has 2 aromatic heterocycles. The average molecular weight is 304 g/mol. The van der Waals surface area contributed by atoms with E-state index < -0.39 is 0 Å². The smallest absolute Gasteiger partial charge is 0.243 e. The Morgan fingerprint density at radius 2 is 2.38 bits per heavy atom. The topological polar surface area (TPSA) is 51.5 Å². The molecule has 3 heterocycles. The lowest BCUT2D eigenvalue weighted by atomic mass is 10.2. The van der Waals surface area contributed by atoms with Crippen LogP contribution in [0.2, 0.25) is 5.28 Å². The minimum atomic E-state index is 0.221. The summed E-state index contributed by atoms with van der Waals surface area (Å²) in [6, 6.07) is 2.21. The Morgan fingerprint density at radius 3 is 3.06 bits per heavy atom. The molecule has 0 saturated carbocycles. The highest BCUT2D eigenvalue weighted by atomic mass is 79.9. The van der Waals surface area contributed by atoms with Crippen LogP contribution in [0.15, 0.2) is 16.7 Å². The molecule has 3 rings (SSSR count). The maximum absolute atomic E-state index is 5.85. The summed E-state index contributed by atoms with van der Waals surface area (Å²) in [5, 5.41) is 7.58. The van der Waals surface area contributed by atoms with Gasteiger partial charge in [-0.3, -0.25) is 0 Å². The molecule has 2 aromatic rings. The Morgan fingerprint density at radius 1 is 1.56 bits per heavy atom. The molecule has 0 bridgehead atoms. The Bertz CT molecular complexity index is 540. The summed E-state index contributed by atoms with van der Waals surface area (Å²) >= 11 is 9.31. The Kier molecular flexibility index (Phi) is 2.49. The second-order valence-corrected chi connectivity index (χ2v) is 4.76. The van der Waals surface area contributed by atoms with Gasteiger partial charge in [-0.15, -0.1) is 5.10 Å².